The van der Waals surface area contributed by atoms with Gasteiger partial charge in [-0.3, -0.25) is 9.59 Å². The number of methoxy groups -OCH3 is 2. The molecule has 0 bridgehead atoms. The van der Waals surface area contributed by atoms with E-state index < -0.39 is 0 Å². The molecule has 6 heteroatoms. The van der Waals surface area contributed by atoms with Gasteiger partial charge < -0.3 is 19.3 Å². The fraction of sp³-hybridized carbons (Fsp3) is 0.273. The summed E-state index contributed by atoms with van der Waals surface area (Å²) in [6.45, 7) is 2.08. The maximum Gasteiger partial charge on any atom is 0.253 e. The molecule has 0 radical (unpaired) electrons. The molecule has 1 saturated heterocycles. The Morgan fingerprint density at radius 1 is 0.786 bits per heavy atom. The largest absolute Gasteiger partial charge is 0.497 e. The molecule has 0 atom stereocenters. The van der Waals surface area contributed by atoms with E-state index >= 15 is 0 Å². The summed E-state index contributed by atoms with van der Waals surface area (Å²) in [5, 5.41) is 0. The molecular weight excluding hydrogens is 356 g/mol. The lowest BCUT2D eigenvalue weighted by Gasteiger charge is -2.34. The number of hydrogen-bond donors (Lipinski definition) is 0. The molecule has 0 saturated carbocycles. The predicted molar refractivity (Wildman–Crippen MR) is 108 cm³/mol. The van der Waals surface area contributed by atoms with Crippen LogP contribution in [0.15, 0.2) is 54.6 Å². The summed E-state index contributed by atoms with van der Waals surface area (Å²) >= 11 is 0. The molecule has 28 heavy (non-hydrogen) atoms. The van der Waals surface area contributed by atoms with Crippen molar-refractivity contribution in [2.24, 2.45) is 0 Å². The number of carbonyl (C=O) groups excluding carboxylic acids is 2. The van der Waals surface area contributed by atoms with E-state index in [1.54, 1.807) is 60.4 Å². The van der Waals surface area contributed by atoms with Crippen LogP contribution in [0.2, 0.25) is 0 Å². The third-order valence-corrected chi connectivity index (χ3v) is 4.75. The van der Waals surface area contributed by atoms with Crippen molar-refractivity contribution < 1.29 is 19.1 Å². The molecule has 0 aromatic heterocycles. The monoisotopic (exact) mass is 380 g/mol. The molecule has 0 spiro atoms. The zero-order valence-corrected chi connectivity index (χ0v) is 16.1. The van der Waals surface area contributed by atoms with Crippen molar-refractivity contribution in [1.82, 2.24) is 9.80 Å². The van der Waals surface area contributed by atoms with Crippen LogP contribution in [-0.2, 0) is 4.79 Å². The van der Waals surface area contributed by atoms with Gasteiger partial charge in [-0.25, -0.2) is 0 Å². The third kappa shape index (κ3) is 4.71. The van der Waals surface area contributed by atoms with E-state index in [9.17, 15) is 9.59 Å². The smallest absolute Gasteiger partial charge is 0.253 e. The van der Waals surface area contributed by atoms with Gasteiger partial charge in [-0.15, -0.1) is 0 Å². The van der Waals surface area contributed by atoms with E-state index in [1.807, 2.05) is 24.3 Å². The van der Waals surface area contributed by atoms with Gasteiger partial charge in [-0.1, -0.05) is 12.1 Å². The second-order valence-electron chi connectivity index (χ2n) is 6.45. The van der Waals surface area contributed by atoms with Crippen LogP contribution in [0.5, 0.6) is 11.5 Å². The van der Waals surface area contributed by atoms with E-state index in [-0.39, 0.29) is 11.8 Å². The molecule has 1 aliphatic rings. The van der Waals surface area contributed by atoms with Crippen molar-refractivity contribution >= 4 is 17.9 Å². The summed E-state index contributed by atoms with van der Waals surface area (Å²) in [5.74, 6) is 1.42. The zero-order valence-electron chi connectivity index (χ0n) is 16.1. The highest BCUT2D eigenvalue weighted by atomic mass is 16.5. The van der Waals surface area contributed by atoms with E-state index in [1.165, 1.54) is 0 Å². The first-order chi connectivity index (χ1) is 13.6. The van der Waals surface area contributed by atoms with Crippen LogP contribution in [0.4, 0.5) is 0 Å². The molecule has 2 aromatic rings. The highest BCUT2D eigenvalue weighted by Gasteiger charge is 2.23. The number of hydrogen-bond acceptors (Lipinski definition) is 4. The first-order valence-corrected chi connectivity index (χ1v) is 9.15. The standard InChI is InChI=1S/C22H24N2O4/c1-27-19-8-3-17(4-9-19)5-12-21(25)23-13-15-24(16-14-23)22(26)18-6-10-20(28-2)11-7-18/h3-12H,13-16H2,1-2H3/b12-5+. The average molecular weight is 380 g/mol. The number of benzene rings is 2. The molecule has 0 unspecified atom stereocenters. The van der Waals surface area contributed by atoms with Crippen LogP contribution < -0.4 is 9.47 Å². The molecule has 0 N–H and O–H groups in total. The highest BCUT2D eigenvalue weighted by Crippen LogP contribution is 2.15. The number of carbonyl (C=O) groups is 2. The van der Waals surface area contributed by atoms with Gasteiger partial charge in [0, 0.05) is 37.8 Å². The van der Waals surface area contributed by atoms with Gasteiger partial charge in [0.15, 0.2) is 0 Å². The Morgan fingerprint density at radius 3 is 1.82 bits per heavy atom. The first-order valence-electron chi connectivity index (χ1n) is 9.15. The van der Waals surface area contributed by atoms with Gasteiger partial charge in [0.05, 0.1) is 14.2 Å². The summed E-state index contributed by atoms with van der Waals surface area (Å²) in [7, 11) is 3.21. The molecule has 0 aliphatic carbocycles. The van der Waals surface area contributed by atoms with Crippen LogP contribution in [0, 0.1) is 0 Å². The normalized spacial score (nSPS) is 14.2. The minimum atomic E-state index is -0.0487. The van der Waals surface area contributed by atoms with Gasteiger partial charge in [0.1, 0.15) is 11.5 Å². The summed E-state index contributed by atoms with van der Waals surface area (Å²) in [6.07, 6.45) is 3.36. The molecule has 1 heterocycles. The lowest BCUT2D eigenvalue weighted by molar-refractivity contribution is -0.127. The fourth-order valence-electron chi connectivity index (χ4n) is 3.03. The van der Waals surface area contributed by atoms with E-state index in [4.69, 9.17) is 9.47 Å². The lowest BCUT2D eigenvalue weighted by Crippen LogP contribution is -2.50. The van der Waals surface area contributed by atoms with Gasteiger partial charge in [-0.2, -0.15) is 0 Å². The summed E-state index contributed by atoms with van der Waals surface area (Å²) in [5.41, 5.74) is 1.56. The molecule has 2 aromatic carbocycles. The van der Waals surface area contributed by atoms with Crippen LogP contribution in [0.1, 0.15) is 15.9 Å². The van der Waals surface area contributed by atoms with Gasteiger partial charge in [0.25, 0.3) is 5.91 Å². The maximum atomic E-state index is 12.6. The Hall–Kier alpha value is -3.28. The topological polar surface area (TPSA) is 59.1 Å². The zero-order chi connectivity index (χ0) is 19.9. The number of amides is 2. The molecule has 1 fully saturated rings. The van der Waals surface area contributed by atoms with Crippen LogP contribution >= 0.6 is 0 Å². The van der Waals surface area contributed by atoms with Crippen molar-refractivity contribution in [1.29, 1.82) is 0 Å². The van der Waals surface area contributed by atoms with Gasteiger partial charge >= 0.3 is 0 Å². The van der Waals surface area contributed by atoms with Crippen molar-refractivity contribution in [2.45, 2.75) is 0 Å². The Balaban J connectivity index is 1.52. The quantitative estimate of drug-likeness (QED) is 0.749. The molecule has 146 valence electrons. The number of piperazine rings is 1. The van der Waals surface area contributed by atoms with Gasteiger partial charge in [0.2, 0.25) is 5.91 Å². The van der Waals surface area contributed by atoms with Gasteiger partial charge in [-0.05, 0) is 48.0 Å². The predicted octanol–water partition coefficient (Wildman–Crippen LogP) is 2.70. The summed E-state index contributed by atoms with van der Waals surface area (Å²) in [6, 6.07) is 14.6. The maximum absolute atomic E-state index is 12.6. The fourth-order valence-corrected chi connectivity index (χ4v) is 3.03. The molecular formula is C22H24N2O4. The SMILES string of the molecule is COc1ccc(/C=C/C(=O)N2CCN(C(=O)c3ccc(OC)cc3)CC2)cc1. The number of nitrogens with zero attached hydrogens (tertiary/aromatic N) is 2. The van der Waals surface area contributed by atoms with Crippen molar-refractivity contribution in [3.05, 3.63) is 65.7 Å². The van der Waals surface area contributed by atoms with Crippen molar-refractivity contribution in [3.8, 4) is 11.5 Å². The first kappa shape index (κ1) is 19.5. The second kappa shape index (κ2) is 9.08. The van der Waals surface area contributed by atoms with Crippen LogP contribution in [-0.4, -0.2) is 62.0 Å². The number of ether oxygens (including phenoxy) is 2. The molecule has 1 aliphatic heterocycles. The Morgan fingerprint density at radius 2 is 1.29 bits per heavy atom. The Kier molecular flexibility index (Phi) is 6.32. The number of rotatable bonds is 5. The Labute approximate surface area is 165 Å². The summed E-state index contributed by atoms with van der Waals surface area (Å²) < 4.78 is 10.2. The van der Waals surface area contributed by atoms with Crippen LogP contribution in [0.25, 0.3) is 6.08 Å². The van der Waals surface area contributed by atoms with Crippen molar-refractivity contribution in [3.63, 3.8) is 0 Å². The Bertz CT molecular complexity index is 836. The van der Waals surface area contributed by atoms with E-state index in [2.05, 4.69) is 0 Å². The third-order valence-electron chi connectivity index (χ3n) is 4.75. The lowest BCUT2D eigenvalue weighted by atomic mass is 10.1. The molecule has 6 nitrogen and oxygen atoms in total. The van der Waals surface area contributed by atoms with Crippen LogP contribution in [0.3, 0.4) is 0 Å². The van der Waals surface area contributed by atoms with E-state index in [0.717, 1.165) is 17.1 Å². The molecule has 2 amide bonds. The molecule has 3 rings (SSSR count). The average Bonchev–Trinajstić information content (AvgIpc) is 2.77. The van der Waals surface area contributed by atoms with Crippen molar-refractivity contribution in [2.75, 3.05) is 40.4 Å². The minimum absolute atomic E-state index is 0.0245. The second-order valence-corrected chi connectivity index (χ2v) is 6.45. The summed E-state index contributed by atoms with van der Waals surface area (Å²) in [4.78, 5) is 28.5. The minimum Gasteiger partial charge on any atom is -0.497 e. The van der Waals surface area contributed by atoms with E-state index in [0.29, 0.717) is 31.7 Å². The highest BCUT2D eigenvalue weighted by molar-refractivity contribution is 5.95.